The Balaban J connectivity index is 1.62. The largest absolute Gasteiger partial charge is 0.508 e. The highest BCUT2D eigenvalue weighted by Gasteiger charge is 2.07. The molecule has 138 valence electrons. The zero-order chi connectivity index (χ0) is 19.1. The molecule has 1 aromatic heterocycles. The van der Waals surface area contributed by atoms with Gasteiger partial charge in [0, 0.05) is 5.38 Å². The molecule has 0 saturated carbocycles. The van der Waals surface area contributed by atoms with E-state index in [1.165, 1.54) is 11.3 Å². The number of nitrogens with zero attached hydrogens (tertiary/aromatic N) is 2. The summed E-state index contributed by atoms with van der Waals surface area (Å²) >= 11 is 1.38. The van der Waals surface area contributed by atoms with E-state index in [1.807, 2.05) is 36.4 Å². The fraction of sp³-hybridized carbons (Fsp3) is 0.150. The third-order valence-corrected chi connectivity index (χ3v) is 4.44. The molecule has 2 aromatic carbocycles. The maximum atomic E-state index is 11.5. The van der Waals surface area contributed by atoms with Crippen LogP contribution < -0.4 is 5.43 Å². The SMILES string of the molecule is CCOC(=O)Cc1csc(NN=Cc2cccc(-c3ccc(O)cc3)c2)n1. The van der Waals surface area contributed by atoms with E-state index in [1.54, 1.807) is 30.7 Å². The van der Waals surface area contributed by atoms with E-state index in [4.69, 9.17) is 4.74 Å². The van der Waals surface area contributed by atoms with E-state index in [2.05, 4.69) is 15.5 Å². The first-order valence-electron chi connectivity index (χ1n) is 8.42. The third kappa shape index (κ3) is 5.39. The molecular formula is C20H19N3O3S. The van der Waals surface area contributed by atoms with Crippen LogP contribution in [0.2, 0.25) is 0 Å². The van der Waals surface area contributed by atoms with Gasteiger partial charge < -0.3 is 9.84 Å². The quantitative estimate of drug-likeness (QED) is 0.366. The van der Waals surface area contributed by atoms with Crippen LogP contribution in [0.5, 0.6) is 5.75 Å². The number of hydrogen-bond acceptors (Lipinski definition) is 7. The van der Waals surface area contributed by atoms with Crippen LogP contribution >= 0.6 is 11.3 Å². The number of nitrogens with one attached hydrogen (secondary N) is 1. The average molecular weight is 381 g/mol. The van der Waals surface area contributed by atoms with Gasteiger partial charge >= 0.3 is 5.97 Å². The van der Waals surface area contributed by atoms with Gasteiger partial charge in [0.25, 0.3) is 0 Å². The molecule has 0 aliphatic heterocycles. The number of anilines is 1. The Morgan fingerprint density at radius 3 is 2.85 bits per heavy atom. The van der Waals surface area contributed by atoms with Gasteiger partial charge in [-0.2, -0.15) is 5.10 Å². The highest BCUT2D eigenvalue weighted by molar-refractivity contribution is 7.13. The second-order valence-corrected chi connectivity index (χ2v) is 6.53. The minimum absolute atomic E-state index is 0.157. The van der Waals surface area contributed by atoms with Gasteiger partial charge in [0.1, 0.15) is 5.75 Å². The number of phenolic OH excluding ortho intramolecular Hbond substituents is 1. The number of carbonyl (C=O) groups is 1. The van der Waals surface area contributed by atoms with Crippen molar-refractivity contribution in [1.29, 1.82) is 0 Å². The molecule has 0 aliphatic carbocycles. The molecular weight excluding hydrogens is 362 g/mol. The zero-order valence-corrected chi connectivity index (χ0v) is 15.6. The first-order valence-corrected chi connectivity index (χ1v) is 9.30. The number of esters is 1. The van der Waals surface area contributed by atoms with Crippen LogP contribution in [0.15, 0.2) is 59.0 Å². The summed E-state index contributed by atoms with van der Waals surface area (Å²) < 4.78 is 4.91. The molecule has 0 unspecified atom stereocenters. The van der Waals surface area contributed by atoms with E-state index < -0.39 is 0 Å². The standard InChI is InChI=1S/C20H19N3O3S/c1-2-26-19(25)11-17-13-27-20(22-17)23-21-12-14-4-3-5-16(10-14)15-6-8-18(24)9-7-15/h3-10,12-13,24H,2,11H2,1H3,(H,22,23). The molecule has 0 saturated heterocycles. The lowest BCUT2D eigenvalue weighted by atomic mass is 10.0. The van der Waals surface area contributed by atoms with Gasteiger partial charge in [0.05, 0.1) is 24.9 Å². The van der Waals surface area contributed by atoms with Gasteiger partial charge in [0.2, 0.25) is 5.13 Å². The first-order chi connectivity index (χ1) is 13.1. The number of benzene rings is 2. The summed E-state index contributed by atoms with van der Waals surface area (Å²) in [6.07, 6.45) is 1.86. The Hall–Kier alpha value is -3.19. The summed E-state index contributed by atoms with van der Waals surface area (Å²) in [5, 5.41) is 16.0. The number of hydrazone groups is 1. The van der Waals surface area contributed by atoms with Crippen molar-refractivity contribution in [3.63, 3.8) is 0 Å². The second kappa shape index (κ2) is 8.95. The molecule has 3 rings (SSSR count). The lowest BCUT2D eigenvalue weighted by molar-refractivity contribution is -0.142. The molecule has 0 aliphatic rings. The van der Waals surface area contributed by atoms with Crippen molar-refractivity contribution in [2.75, 3.05) is 12.0 Å². The van der Waals surface area contributed by atoms with Crippen LogP contribution in [0.1, 0.15) is 18.2 Å². The molecule has 7 heteroatoms. The smallest absolute Gasteiger partial charge is 0.311 e. The Labute approximate surface area is 161 Å². The molecule has 0 atom stereocenters. The van der Waals surface area contributed by atoms with Crippen molar-refractivity contribution in [3.05, 3.63) is 65.2 Å². The van der Waals surface area contributed by atoms with E-state index in [0.717, 1.165) is 16.7 Å². The molecule has 0 amide bonds. The predicted molar refractivity (Wildman–Crippen MR) is 107 cm³/mol. The number of phenols is 1. The van der Waals surface area contributed by atoms with E-state index in [0.29, 0.717) is 17.4 Å². The zero-order valence-electron chi connectivity index (χ0n) is 14.8. The molecule has 0 radical (unpaired) electrons. The number of aromatic hydroxyl groups is 1. The topological polar surface area (TPSA) is 83.8 Å². The van der Waals surface area contributed by atoms with Gasteiger partial charge in [-0.3, -0.25) is 10.2 Å². The van der Waals surface area contributed by atoms with Gasteiger partial charge in [-0.25, -0.2) is 4.98 Å². The van der Waals surface area contributed by atoms with Gasteiger partial charge in [0.15, 0.2) is 0 Å². The van der Waals surface area contributed by atoms with Gasteiger partial charge in [-0.15, -0.1) is 11.3 Å². The molecule has 0 spiro atoms. The Kier molecular flexibility index (Phi) is 6.17. The first kappa shape index (κ1) is 18.6. The second-order valence-electron chi connectivity index (χ2n) is 5.67. The van der Waals surface area contributed by atoms with Crippen molar-refractivity contribution in [1.82, 2.24) is 4.98 Å². The van der Waals surface area contributed by atoms with Crippen molar-refractivity contribution in [2.45, 2.75) is 13.3 Å². The monoisotopic (exact) mass is 381 g/mol. The number of rotatable bonds is 7. The molecule has 0 fully saturated rings. The molecule has 1 heterocycles. The lowest BCUT2D eigenvalue weighted by Gasteiger charge is -2.03. The number of thiazole rings is 1. The van der Waals surface area contributed by atoms with Crippen LogP contribution in [0.25, 0.3) is 11.1 Å². The summed E-state index contributed by atoms with van der Waals surface area (Å²) in [7, 11) is 0. The Bertz CT molecular complexity index is 936. The minimum Gasteiger partial charge on any atom is -0.508 e. The molecule has 3 aromatic rings. The summed E-state index contributed by atoms with van der Waals surface area (Å²) in [4.78, 5) is 15.8. The Morgan fingerprint density at radius 2 is 2.07 bits per heavy atom. The highest BCUT2D eigenvalue weighted by atomic mass is 32.1. The number of ether oxygens (including phenoxy) is 1. The average Bonchev–Trinajstić information content (AvgIpc) is 3.10. The summed E-state index contributed by atoms with van der Waals surface area (Å²) in [5.74, 6) is -0.0460. The van der Waals surface area contributed by atoms with Gasteiger partial charge in [-0.1, -0.05) is 30.3 Å². The minimum atomic E-state index is -0.288. The summed E-state index contributed by atoms with van der Waals surface area (Å²) in [6.45, 7) is 2.14. The molecule has 0 bridgehead atoms. The van der Waals surface area contributed by atoms with E-state index in [9.17, 15) is 9.90 Å². The maximum Gasteiger partial charge on any atom is 0.311 e. The highest BCUT2D eigenvalue weighted by Crippen LogP contribution is 2.22. The fourth-order valence-corrected chi connectivity index (χ4v) is 3.07. The number of hydrogen-bond donors (Lipinski definition) is 2. The van der Waals surface area contributed by atoms with Crippen molar-refractivity contribution in [3.8, 4) is 16.9 Å². The summed E-state index contributed by atoms with van der Waals surface area (Å²) in [5.41, 5.74) is 6.51. The van der Waals surface area contributed by atoms with Gasteiger partial charge in [-0.05, 0) is 41.8 Å². The van der Waals surface area contributed by atoms with Crippen LogP contribution in [-0.4, -0.2) is 28.9 Å². The fourth-order valence-electron chi connectivity index (χ4n) is 2.41. The van der Waals surface area contributed by atoms with E-state index in [-0.39, 0.29) is 18.1 Å². The Morgan fingerprint density at radius 1 is 1.26 bits per heavy atom. The van der Waals surface area contributed by atoms with Crippen LogP contribution in [0, 0.1) is 0 Å². The van der Waals surface area contributed by atoms with Crippen LogP contribution in [0.3, 0.4) is 0 Å². The third-order valence-electron chi connectivity index (χ3n) is 3.64. The lowest BCUT2D eigenvalue weighted by Crippen LogP contribution is -2.07. The van der Waals surface area contributed by atoms with Crippen molar-refractivity contribution in [2.24, 2.45) is 5.10 Å². The normalized spacial score (nSPS) is 10.9. The predicted octanol–water partition coefficient (Wildman–Crippen LogP) is 4.07. The summed E-state index contributed by atoms with van der Waals surface area (Å²) in [6, 6.07) is 15.0. The van der Waals surface area contributed by atoms with Crippen molar-refractivity contribution < 1.29 is 14.6 Å². The van der Waals surface area contributed by atoms with E-state index >= 15 is 0 Å². The van der Waals surface area contributed by atoms with Crippen LogP contribution in [0.4, 0.5) is 5.13 Å². The molecule has 27 heavy (non-hydrogen) atoms. The molecule has 6 nitrogen and oxygen atoms in total. The number of aromatic nitrogens is 1. The van der Waals surface area contributed by atoms with Crippen molar-refractivity contribution >= 4 is 28.7 Å². The number of carbonyl (C=O) groups excluding carboxylic acids is 1. The maximum absolute atomic E-state index is 11.5. The molecule has 2 N–H and O–H groups in total. The van der Waals surface area contributed by atoms with Crippen LogP contribution in [-0.2, 0) is 16.0 Å².